The fourth-order valence-electron chi connectivity index (χ4n) is 3.22. The number of aryl methyl sites for hydroxylation is 1. The maximum Gasteiger partial charge on any atom is 0.252 e. The smallest absolute Gasteiger partial charge is 0.252 e. The van der Waals surface area contributed by atoms with Gasteiger partial charge in [-0.15, -0.1) is 0 Å². The van der Waals surface area contributed by atoms with Gasteiger partial charge in [-0.05, 0) is 49.9 Å². The summed E-state index contributed by atoms with van der Waals surface area (Å²) in [5, 5.41) is 2.91. The molecular formula is C20H25N5O2. The standard InChI is InChI=1S/C20H25N5O2/c21-19(26)15-8-12-25(13-9-15)18-7-6-16(14-24-18)20(27)23-11-3-5-17-4-1-2-10-22-17/h1-2,4,6-7,10,14-15H,3,5,8-9,11-13H2,(H2,21,26)(H,23,27). The summed E-state index contributed by atoms with van der Waals surface area (Å²) in [6.07, 6.45) is 6.54. The number of anilines is 1. The van der Waals surface area contributed by atoms with E-state index in [1.165, 1.54) is 0 Å². The summed E-state index contributed by atoms with van der Waals surface area (Å²) in [4.78, 5) is 34.3. The zero-order chi connectivity index (χ0) is 19.1. The fourth-order valence-corrected chi connectivity index (χ4v) is 3.22. The van der Waals surface area contributed by atoms with Crippen LogP contribution in [0.2, 0.25) is 0 Å². The average Bonchev–Trinajstić information content (AvgIpc) is 2.72. The molecule has 1 aliphatic heterocycles. The van der Waals surface area contributed by atoms with Gasteiger partial charge >= 0.3 is 0 Å². The summed E-state index contributed by atoms with van der Waals surface area (Å²) in [6.45, 7) is 2.09. The first-order chi connectivity index (χ1) is 13.1. The van der Waals surface area contributed by atoms with Crippen molar-refractivity contribution >= 4 is 17.6 Å². The molecule has 2 aromatic heterocycles. The second-order valence-electron chi connectivity index (χ2n) is 6.75. The zero-order valence-corrected chi connectivity index (χ0v) is 15.3. The third-order valence-electron chi connectivity index (χ3n) is 4.85. The van der Waals surface area contributed by atoms with Gasteiger partial charge in [0.2, 0.25) is 5.91 Å². The van der Waals surface area contributed by atoms with Crippen molar-refractivity contribution in [1.29, 1.82) is 0 Å². The van der Waals surface area contributed by atoms with Crippen LogP contribution in [0, 0.1) is 5.92 Å². The number of amides is 2. The SMILES string of the molecule is NC(=O)C1CCN(c2ccc(C(=O)NCCCc3ccccn3)cn2)CC1. The number of carbonyl (C=O) groups excluding carboxylic acids is 2. The number of primary amides is 1. The summed E-state index contributed by atoms with van der Waals surface area (Å²) in [5.41, 5.74) is 6.94. The van der Waals surface area contributed by atoms with Gasteiger partial charge in [-0.3, -0.25) is 14.6 Å². The van der Waals surface area contributed by atoms with Crippen molar-refractivity contribution in [3.05, 3.63) is 54.0 Å². The highest BCUT2D eigenvalue weighted by Crippen LogP contribution is 2.21. The van der Waals surface area contributed by atoms with E-state index >= 15 is 0 Å². The molecule has 1 fully saturated rings. The van der Waals surface area contributed by atoms with E-state index in [0.717, 1.165) is 50.3 Å². The Morgan fingerprint density at radius 3 is 2.59 bits per heavy atom. The van der Waals surface area contributed by atoms with Crippen LogP contribution in [0.1, 0.15) is 35.3 Å². The van der Waals surface area contributed by atoms with Crippen LogP contribution < -0.4 is 16.0 Å². The molecule has 1 saturated heterocycles. The van der Waals surface area contributed by atoms with Gasteiger partial charge in [0.15, 0.2) is 0 Å². The number of nitrogens with two attached hydrogens (primary N) is 1. The van der Waals surface area contributed by atoms with Crippen molar-refractivity contribution in [1.82, 2.24) is 15.3 Å². The molecular weight excluding hydrogens is 342 g/mol. The molecule has 2 amide bonds. The van der Waals surface area contributed by atoms with Crippen LogP contribution >= 0.6 is 0 Å². The van der Waals surface area contributed by atoms with E-state index in [1.54, 1.807) is 18.5 Å². The zero-order valence-electron chi connectivity index (χ0n) is 15.3. The van der Waals surface area contributed by atoms with Crippen LogP contribution in [0.15, 0.2) is 42.7 Å². The molecule has 0 radical (unpaired) electrons. The highest BCUT2D eigenvalue weighted by atomic mass is 16.2. The average molecular weight is 367 g/mol. The molecule has 7 heteroatoms. The fraction of sp³-hybridized carbons (Fsp3) is 0.400. The van der Waals surface area contributed by atoms with Crippen molar-refractivity contribution < 1.29 is 9.59 Å². The van der Waals surface area contributed by atoms with E-state index in [9.17, 15) is 9.59 Å². The van der Waals surface area contributed by atoms with Crippen molar-refractivity contribution in [3.8, 4) is 0 Å². The highest BCUT2D eigenvalue weighted by Gasteiger charge is 2.23. The molecule has 0 atom stereocenters. The molecule has 7 nitrogen and oxygen atoms in total. The summed E-state index contributed by atoms with van der Waals surface area (Å²) in [5.74, 6) is 0.433. The van der Waals surface area contributed by atoms with Crippen LogP contribution in [-0.4, -0.2) is 41.4 Å². The Kier molecular flexibility index (Phi) is 6.35. The molecule has 0 aliphatic carbocycles. The van der Waals surface area contributed by atoms with Gasteiger partial charge in [0.1, 0.15) is 5.82 Å². The number of hydrogen-bond acceptors (Lipinski definition) is 5. The molecule has 142 valence electrons. The van der Waals surface area contributed by atoms with E-state index in [-0.39, 0.29) is 17.7 Å². The molecule has 27 heavy (non-hydrogen) atoms. The van der Waals surface area contributed by atoms with Crippen molar-refractivity contribution in [2.45, 2.75) is 25.7 Å². The van der Waals surface area contributed by atoms with Crippen molar-refractivity contribution in [2.24, 2.45) is 11.7 Å². The quantitative estimate of drug-likeness (QED) is 0.723. The first-order valence-electron chi connectivity index (χ1n) is 9.32. The Balaban J connectivity index is 1.44. The molecule has 3 rings (SSSR count). The van der Waals surface area contributed by atoms with E-state index < -0.39 is 0 Å². The summed E-state index contributed by atoms with van der Waals surface area (Å²) < 4.78 is 0. The minimum Gasteiger partial charge on any atom is -0.369 e. The normalized spacial score (nSPS) is 14.7. The van der Waals surface area contributed by atoms with Gasteiger partial charge in [-0.1, -0.05) is 6.07 Å². The minimum atomic E-state index is -0.224. The number of aromatic nitrogens is 2. The lowest BCUT2D eigenvalue weighted by atomic mass is 9.96. The minimum absolute atomic E-state index is 0.0441. The first kappa shape index (κ1) is 18.8. The maximum absolute atomic E-state index is 12.2. The molecule has 3 N–H and O–H groups in total. The Morgan fingerprint density at radius 1 is 1.15 bits per heavy atom. The predicted molar refractivity (Wildman–Crippen MR) is 103 cm³/mol. The van der Waals surface area contributed by atoms with Crippen LogP contribution in [-0.2, 0) is 11.2 Å². The lowest BCUT2D eigenvalue weighted by Crippen LogP contribution is -2.38. The monoisotopic (exact) mass is 367 g/mol. The van der Waals surface area contributed by atoms with Gasteiger partial charge in [-0.2, -0.15) is 0 Å². The molecule has 0 unspecified atom stereocenters. The molecule has 0 saturated carbocycles. The number of piperidine rings is 1. The predicted octanol–water partition coefficient (Wildman–Crippen LogP) is 1.54. The third-order valence-corrected chi connectivity index (χ3v) is 4.85. The molecule has 2 aromatic rings. The molecule has 0 bridgehead atoms. The number of nitrogens with one attached hydrogen (secondary N) is 1. The molecule has 1 aliphatic rings. The summed E-state index contributed by atoms with van der Waals surface area (Å²) >= 11 is 0. The van der Waals surface area contributed by atoms with Gasteiger partial charge in [0.05, 0.1) is 5.56 Å². The van der Waals surface area contributed by atoms with Crippen LogP contribution in [0.5, 0.6) is 0 Å². The maximum atomic E-state index is 12.2. The van der Waals surface area contributed by atoms with Gasteiger partial charge < -0.3 is 16.0 Å². The van der Waals surface area contributed by atoms with Crippen molar-refractivity contribution in [2.75, 3.05) is 24.5 Å². The number of carbonyl (C=O) groups is 2. The second kappa shape index (κ2) is 9.12. The molecule has 3 heterocycles. The summed E-state index contributed by atoms with van der Waals surface area (Å²) in [6, 6.07) is 9.48. The van der Waals surface area contributed by atoms with Crippen LogP contribution in [0.4, 0.5) is 5.82 Å². The van der Waals surface area contributed by atoms with Crippen molar-refractivity contribution in [3.63, 3.8) is 0 Å². The Morgan fingerprint density at radius 2 is 1.96 bits per heavy atom. The lowest BCUT2D eigenvalue weighted by Gasteiger charge is -2.31. The largest absolute Gasteiger partial charge is 0.369 e. The molecule has 0 aromatic carbocycles. The van der Waals surface area contributed by atoms with E-state index in [2.05, 4.69) is 20.2 Å². The van der Waals surface area contributed by atoms with Gasteiger partial charge in [0, 0.05) is 43.6 Å². The van der Waals surface area contributed by atoms with E-state index in [0.29, 0.717) is 12.1 Å². The Hall–Kier alpha value is -2.96. The lowest BCUT2D eigenvalue weighted by molar-refractivity contribution is -0.122. The molecule has 0 spiro atoms. The topological polar surface area (TPSA) is 101 Å². The number of pyridine rings is 2. The third kappa shape index (κ3) is 5.26. The van der Waals surface area contributed by atoms with Crippen LogP contribution in [0.25, 0.3) is 0 Å². The number of nitrogens with zero attached hydrogens (tertiary/aromatic N) is 3. The first-order valence-corrected chi connectivity index (χ1v) is 9.32. The summed E-state index contributed by atoms with van der Waals surface area (Å²) in [7, 11) is 0. The number of hydrogen-bond donors (Lipinski definition) is 2. The Bertz CT molecular complexity index is 756. The van der Waals surface area contributed by atoms with Gasteiger partial charge in [-0.25, -0.2) is 4.98 Å². The van der Waals surface area contributed by atoms with Gasteiger partial charge in [0.25, 0.3) is 5.91 Å². The second-order valence-corrected chi connectivity index (χ2v) is 6.75. The highest BCUT2D eigenvalue weighted by molar-refractivity contribution is 5.94. The van der Waals surface area contributed by atoms with E-state index in [1.807, 2.05) is 24.3 Å². The number of rotatable bonds is 7. The van der Waals surface area contributed by atoms with Crippen LogP contribution in [0.3, 0.4) is 0 Å². The Labute approximate surface area is 159 Å². The van der Waals surface area contributed by atoms with E-state index in [4.69, 9.17) is 5.73 Å².